The molecular formula is C65H115NO10. The van der Waals surface area contributed by atoms with E-state index in [2.05, 4.69) is 32.2 Å². The van der Waals surface area contributed by atoms with E-state index >= 15 is 0 Å². The van der Waals surface area contributed by atoms with Crippen molar-refractivity contribution in [1.29, 1.82) is 0 Å². The van der Waals surface area contributed by atoms with E-state index < -0.39 is 67.4 Å². The molecule has 6 N–H and O–H groups in total. The van der Waals surface area contributed by atoms with Crippen LogP contribution >= 0.6 is 0 Å². The summed E-state index contributed by atoms with van der Waals surface area (Å²) >= 11 is 0. The first-order valence-electron chi connectivity index (χ1n) is 31.3. The third-order valence-corrected chi connectivity index (χ3v) is 14.5. The number of hydrogen-bond donors (Lipinski definition) is 6. The lowest BCUT2D eigenvalue weighted by Crippen LogP contribution is -2.61. The molecule has 0 spiro atoms. The fraction of sp³-hybridized carbons (Fsp3) is 0.785. The highest BCUT2D eigenvalue weighted by Crippen LogP contribution is 2.26. The molecule has 1 rings (SSSR count). The number of amides is 1. The molecular weight excluding hydrogens is 955 g/mol. The highest BCUT2D eigenvalue weighted by Gasteiger charge is 2.47. The van der Waals surface area contributed by atoms with E-state index in [1.54, 1.807) is 6.08 Å². The summed E-state index contributed by atoms with van der Waals surface area (Å²) in [4.78, 5) is 26.5. The highest BCUT2D eigenvalue weighted by atomic mass is 16.7. The van der Waals surface area contributed by atoms with E-state index in [-0.39, 0.29) is 19.4 Å². The maximum absolute atomic E-state index is 13.4. The zero-order valence-electron chi connectivity index (χ0n) is 48.6. The van der Waals surface area contributed by atoms with E-state index in [0.29, 0.717) is 19.3 Å². The van der Waals surface area contributed by atoms with Gasteiger partial charge in [0.1, 0.15) is 24.4 Å². The van der Waals surface area contributed by atoms with E-state index in [4.69, 9.17) is 14.2 Å². The summed E-state index contributed by atoms with van der Waals surface area (Å²) in [7, 11) is 0. The van der Waals surface area contributed by atoms with E-state index in [0.717, 1.165) is 44.9 Å². The Morgan fingerprint density at radius 1 is 0.526 bits per heavy atom. The molecule has 1 saturated heterocycles. The van der Waals surface area contributed by atoms with E-state index in [1.807, 2.05) is 60.8 Å². The van der Waals surface area contributed by atoms with Gasteiger partial charge in [-0.2, -0.15) is 0 Å². The van der Waals surface area contributed by atoms with Crippen LogP contribution in [-0.4, -0.2) is 99.6 Å². The number of carbonyl (C=O) groups excluding carboxylic acids is 2. The third-order valence-electron chi connectivity index (χ3n) is 14.5. The topological polar surface area (TPSA) is 175 Å². The zero-order chi connectivity index (χ0) is 55.4. The number of aliphatic hydroxyl groups is 5. The number of esters is 1. The van der Waals surface area contributed by atoms with Crippen molar-refractivity contribution in [2.75, 3.05) is 13.2 Å². The molecule has 0 aromatic rings. The van der Waals surface area contributed by atoms with Gasteiger partial charge in [-0.15, -0.1) is 0 Å². The van der Waals surface area contributed by atoms with Crippen molar-refractivity contribution in [3.63, 3.8) is 0 Å². The van der Waals surface area contributed by atoms with Gasteiger partial charge >= 0.3 is 5.97 Å². The first-order chi connectivity index (χ1) is 37.2. The van der Waals surface area contributed by atoms with Crippen LogP contribution < -0.4 is 5.32 Å². The Morgan fingerprint density at radius 2 is 0.947 bits per heavy atom. The SMILES string of the molecule is CC/C=C/C=C/C=C\C=C/C=C/CCCC(=O)OC1C(OCC(NC(=O)C(O)CCCCCCCCCCCCCCCCCCCCCCCC)C(O)/C=C/CCCCCCCCCCCC)OC(CO)C(O)C1O. The molecule has 8 unspecified atom stereocenters. The smallest absolute Gasteiger partial charge is 0.306 e. The molecule has 1 amide bonds. The number of nitrogens with one attached hydrogen (secondary N) is 1. The minimum absolute atomic E-state index is 0.0260. The lowest BCUT2D eigenvalue weighted by atomic mass is 9.99. The Kier molecular flexibility index (Phi) is 49.4. The highest BCUT2D eigenvalue weighted by molar-refractivity contribution is 5.80. The summed E-state index contributed by atoms with van der Waals surface area (Å²) in [6.45, 7) is 5.61. The Morgan fingerprint density at radius 3 is 1.41 bits per heavy atom. The minimum Gasteiger partial charge on any atom is -0.454 e. The summed E-state index contributed by atoms with van der Waals surface area (Å²) in [5.74, 6) is -1.27. The van der Waals surface area contributed by atoms with Crippen molar-refractivity contribution >= 4 is 11.9 Å². The molecule has 8 atom stereocenters. The second-order valence-electron chi connectivity index (χ2n) is 21.5. The fourth-order valence-electron chi connectivity index (χ4n) is 9.57. The summed E-state index contributed by atoms with van der Waals surface area (Å²) in [6.07, 6.45) is 56.8. The van der Waals surface area contributed by atoms with Gasteiger partial charge in [-0.3, -0.25) is 9.59 Å². The summed E-state index contributed by atoms with van der Waals surface area (Å²) in [6, 6.07) is -1.04. The van der Waals surface area contributed by atoms with Crippen molar-refractivity contribution in [2.24, 2.45) is 0 Å². The lowest BCUT2D eigenvalue weighted by Gasteiger charge is -2.41. The van der Waals surface area contributed by atoms with Gasteiger partial charge in [0.25, 0.3) is 0 Å². The first kappa shape index (κ1) is 71.1. The quantitative estimate of drug-likeness (QED) is 0.0149. The molecule has 0 bridgehead atoms. The lowest BCUT2D eigenvalue weighted by molar-refractivity contribution is -0.305. The molecule has 0 aromatic heterocycles. The molecule has 1 fully saturated rings. The number of ether oxygens (including phenoxy) is 3. The van der Waals surface area contributed by atoms with E-state index in [1.165, 1.54) is 167 Å². The number of hydrogen-bond acceptors (Lipinski definition) is 10. The average molecular weight is 1070 g/mol. The summed E-state index contributed by atoms with van der Waals surface area (Å²) in [5.41, 5.74) is 0. The Balaban J connectivity index is 2.66. The second kappa shape index (κ2) is 52.8. The van der Waals surface area contributed by atoms with Gasteiger partial charge < -0.3 is 45.1 Å². The number of carbonyl (C=O) groups is 2. The largest absolute Gasteiger partial charge is 0.454 e. The molecule has 11 heteroatoms. The van der Waals surface area contributed by atoms with Crippen LogP contribution in [0.25, 0.3) is 0 Å². The van der Waals surface area contributed by atoms with Crippen molar-refractivity contribution in [3.8, 4) is 0 Å². The van der Waals surface area contributed by atoms with Gasteiger partial charge in [0.15, 0.2) is 12.4 Å². The number of unbranched alkanes of at least 4 members (excludes halogenated alkanes) is 32. The zero-order valence-corrected chi connectivity index (χ0v) is 48.6. The maximum atomic E-state index is 13.4. The van der Waals surface area contributed by atoms with Crippen molar-refractivity contribution in [2.45, 2.75) is 314 Å². The summed E-state index contributed by atoms with van der Waals surface area (Å²) in [5, 5.41) is 56.9. The summed E-state index contributed by atoms with van der Waals surface area (Å²) < 4.78 is 17.5. The molecule has 76 heavy (non-hydrogen) atoms. The molecule has 1 heterocycles. The Labute approximate surface area is 464 Å². The van der Waals surface area contributed by atoms with Crippen LogP contribution in [0, 0.1) is 0 Å². The fourth-order valence-corrected chi connectivity index (χ4v) is 9.57. The molecule has 11 nitrogen and oxygen atoms in total. The van der Waals surface area contributed by atoms with Crippen LogP contribution in [0.15, 0.2) is 72.9 Å². The van der Waals surface area contributed by atoms with E-state index in [9.17, 15) is 35.1 Å². The monoisotopic (exact) mass is 1070 g/mol. The second-order valence-corrected chi connectivity index (χ2v) is 21.5. The van der Waals surface area contributed by atoms with Crippen LogP contribution in [0.5, 0.6) is 0 Å². The van der Waals surface area contributed by atoms with Gasteiger partial charge in [-0.25, -0.2) is 0 Å². The average Bonchev–Trinajstić information content (AvgIpc) is 3.42. The van der Waals surface area contributed by atoms with Crippen LogP contribution in [0.4, 0.5) is 0 Å². The molecule has 0 aromatic carbocycles. The van der Waals surface area contributed by atoms with Crippen LogP contribution in [0.3, 0.4) is 0 Å². The minimum atomic E-state index is -1.64. The molecule has 0 aliphatic carbocycles. The molecule has 0 saturated carbocycles. The number of aliphatic hydroxyl groups excluding tert-OH is 5. The Bertz CT molecular complexity index is 1510. The van der Waals surface area contributed by atoms with Gasteiger partial charge in [0.05, 0.1) is 25.4 Å². The normalized spacial score (nSPS) is 19.6. The predicted molar refractivity (Wildman–Crippen MR) is 315 cm³/mol. The predicted octanol–water partition coefficient (Wildman–Crippen LogP) is 14.8. The van der Waals surface area contributed by atoms with Crippen LogP contribution in [0.1, 0.15) is 265 Å². The first-order valence-corrected chi connectivity index (χ1v) is 31.3. The van der Waals surface area contributed by atoms with Crippen molar-refractivity contribution in [3.05, 3.63) is 72.9 Å². The van der Waals surface area contributed by atoms with Gasteiger partial charge in [-0.1, -0.05) is 293 Å². The maximum Gasteiger partial charge on any atom is 0.306 e. The number of rotatable bonds is 52. The molecule has 0 radical (unpaired) electrons. The van der Waals surface area contributed by atoms with Gasteiger partial charge in [0.2, 0.25) is 5.91 Å². The molecule has 440 valence electrons. The van der Waals surface area contributed by atoms with Gasteiger partial charge in [-0.05, 0) is 38.5 Å². The van der Waals surface area contributed by atoms with Crippen molar-refractivity contribution < 1.29 is 49.3 Å². The third kappa shape index (κ3) is 40.3. The van der Waals surface area contributed by atoms with Crippen molar-refractivity contribution in [1.82, 2.24) is 5.32 Å². The van der Waals surface area contributed by atoms with Crippen LogP contribution in [-0.2, 0) is 23.8 Å². The standard InChI is InChI=1S/C65H115NO10/c1-4-7-10-13-16-19-22-25-26-27-28-29-30-31-32-33-35-37-40-43-46-49-52-58(69)64(73)66-56(57(68)51-48-45-42-39-36-24-21-18-15-12-9-6-3)55-74-65-63(62(72)61(71)59(54-67)75-65)76-60(70)53-50-47-44-41-38-34-23-20-17-14-11-8-5-2/h8,11,14,17,20,23,34,38,41,44,48,51,56-59,61-63,65,67-69,71-72H,4-7,9-10,12-13,15-16,18-19,21-22,24-33,35-37,39-40,42-43,45-47,49-50,52-55H2,1-3H3,(H,66,73)/b11-8+,17-14+,23-20-,38-34-,44-41+,51-48+. The number of allylic oxidation sites excluding steroid dienone is 11. The Hall–Kier alpha value is -2.90. The molecule has 1 aliphatic rings. The van der Waals surface area contributed by atoms with Gasteiger partial charge in [0, 0.05) is 6.42 Å². The molecule has 1 aliphatic heterocycles. The van der Waals surface area contributed by atoms with Crippen LogP contribution in [0.2, 0.25) is 0 Å².